The Morgan fingerprint density at radius 3 is 2.41 bits per heavy atom. The van der Waals surface area contributed by atoms with Gasteiger partial charge in [-0.05, 0) is 69.2 Å². The molecule has 2 N–H and O–H groups in total. The van der Waals surface area contributed by atoms with Crippen molar-refractivity contribution in [2.75, 3.05) is 33.9 Å². The van der Waals surface area contributed by atoms with E-state index in [1.165, 1.54) is 11.1 Å². The summed E-state index contributed by atoms with van der Waals surface area (Å²) >= 11 is 5.29. The van der Waals surface area contributed by atoms with Gasteiger partial charge < -0.3 is 20.1 Å². The number of benzene rings is 2. The summed E-state index contributed by atoms with van der Waals surface area (Å²) in [6.07, 6.45) is 0.968. The van der Waals surface area contributed by atoms with E-state index in [9.17, 15) is 0 Å². The highest BCUT2D eigenvalue weighted by molar-refractivity contribution is 7.80. The molecule has 0 saturated heterocycles. The monoisotopic (exact) mass is 413 g/mol. The minimum atomic E-state index is 0.109. The standard InChI is InChI=1S/C23H31N3O2S/c1-16-6-8-19(9-7-16)22(24)25-23(29)28-21-15-17(2)20(14-18(21)3)10-11-26(4)12-13-27-5/h6-9,14-15H,10-13H2,1-5H3,(H2,24,25,29). The zero-order chi connectivity index (χ0) is 21.4. The zero-order valence-electron chi connectivity index (χ0n) is 18.0. The second kappa shape index (κ2) is 11.0. The lowest BCUT2D eigenvalue weighted by Crippen LogP contribution is -2.25. The van der Waals surface area contributed by atoms with Gasteiger partial charge in [-0.3, -0.25) is 0 Å². The highest BCUT2D eigenvalue weighted by Gasteiger charge is 2.10. The van der Waals surface area contributed by atoms with Crippen molar-refractivity contribution in [3.63, 3.8) is 0 Å². The maximum absolute atomic E-state index is 6.06. The van der Waals surface area contributed by atoms with Crippen molar-refractivity contribution in [2.45, 2.75) is 27.2 Å². The molecule has 0 aromatic heterocycles. The molecule has 0 aliphatic carbocycles. The quantitative estimate of drug-likeness (QED) is 0.405. The predicted octanol–water partition coefficient (Wildman–Crippen LogP) is 3.80. The van der Waals surface area contributed by atoms with Crippen LogP contribution in [0.2, 0.25) is 0 Å². The third kappa shape index (κ3) is 7.24. The number of hydrogen-bond donors (Lipinski definition) is 1. The average molecular weight is 414 g/mol. The van der Waals surface area contributed by atoms with Crippen molar-refractivity contribution in [2.24, 2.45) is 10.7 Å². The summed E-state index contributed by atoms with van der Waals surface area (Å²) in [5.41, 5.74) is 11.5. The number of nitrogens with two attached hydrogens (primary N) is 1. The Morgan fingerprint density at radius 1 is 1.07 bits per heavy atom. The Morgan fingerprint density at radius 2 is 1.76 bits per heavy atom. The van der Waals surface area contributed by atoms with Crippen LogP contribution in [-0.4, -0.2) is 49.8 Å². The first kappa shape index (κ1) is 23.0. The SMILES string of the molecule is COCCN(C)CCc1cc(C)c(OC(=S)N=C(N)c2ccc(C)cc2)cc1C. The van der Waals surface area contributed by atoms with Crippen LogP contribution in [-0.2, 0) is 11.2 Å². The number of rotatable bonds is 8. The van der Waals surface area contributed by atoms with Gasteiger partial charge in [0.25, 0.3) is 5.17 Å². The minimum absolute atomic E-state index is 0.109. The fourth-order valence-electron chi connectivity index (χ4n) is 2.90. The number of hydrogen-bond acceptors (Lipinski definition) is 4. The number of ether oxygens (including phenoxy) is 2. The predicted molar refractivity (Wildman–Crippen MR) is 124 cm³/mol. The van der Waals surface area contributed by atoms with Crippen LogP contribution in [0.15, 0.2) is 41.4 Å². The van der Waals surface area contributed by atoms with Crippen LogP contribution in [0.5, 0.6) is 5.75 Å². The maximum Gasteiger partial charge on any atom is 0.290 e. The van der Waals surface area contributed by atoms with E-state index in [1.807, 2.05) is 44.2 Å². The van der Waals surface area contributed by atoms with E-state index in [-0.39, 0.29) is 5.17 Å². The van der Waals surface area contributed by atoms with Gasteiger partial charge >= 0.3 is 0 Å². The molecule has 0 saturated carbocycles. The van der Waals surface area contributed by atoms with Crippen LogP contribution in [0.1, 0.15) is 27.8 Å². The van der Waals surface area contributed by atoms with E-state index in [2.05, 4.69) is 29.9 Å². The van der Waals surface area contributed by atoms with Gasteiger partial charge in [-0.1, -0.05) is 35.9 Å². The summed E-state index contributed by atoms with van der Waals surface area (Å²) in [7, 11) is 3.83. The molecular weight excluding hydrogens is 382 g/mol. The number of thiocarbonyl (C=S) groups is 1. The molecule has 0 aliphatic heterocycles. The lowest BCUT2D eigenvalue weighted by Gasteiger charge is -2.18. The van der Waals surface area contributed by atoms with Crippen LogP contribution in [0, 0.1) is 20.8 Å². The van der Waals surface area contributed by atoms with Crippen molar-refractivity contribution in [1.29, 1.82) is 0 Å². The van der Waals surface area contributed by atoms with E-state index in [1.54, 1.807) is 7.11 Å². The van der Waals surface area contributed by atoms with Gasteiger partial charge in [-0.15, -0.1) is 0 Å². The third-order valence-corrected chi connectivity index (χ3v) is 5.00. The second-order valence-electron chi connectivity index (χ2n) is 7.32. The van der Waals surface area contributed by atoms with Crippen LogP contribution in [0.4, 0.5) is 0 Å². The smallest absolute Gasteiger partial charge is 0.290 e. The van der Waals surface area contributed by atoms with Gasteiger partial charge in [0.2, 0.25) is 0 Å². The Balaban J connectivity index is 2.03. The van der Waals surface area contributed by atoms with E-state index < -0.39 is 0 Å². The largest absolute Gasteiger partial charge is 0.430 e. The minimum Gasteiger partial charge on any atom is -0.430 e. The van der Waals surface area contributed by atoms with Gasteiger partial charge in [0.15, 0.2) is 0 Å². The average Bonchev–Trinajstić information content (AvgIpc) is 2.68. The molecule has 0 atom stereocenters. The normalized spacial score (nSPS) is 11.7. The highest BCUT2D eigenvalue weighted by atomic mass is 32.1. The van der Waals surface area contributed by atoms with Crippen LogP contribution in [0.3, 0.4) is 0 Å². The Bertz CT molecular complexity index is 863. The molecule has 5 nitrogen and oxygen atoms in total. The highest BCUT2D eigenvalue weighted by Crippen LogP contribution is 2.24. The number of amidine groups is 1. The Labute approximate surface area is 179 Å². The number of nitrogens with zero attached hydrogens (tertiary/aromatic N) is 2. The number of likely N-dealkylation sites (N-methyl/N-ethyl adjacent to an activating group) is 1. The topological polar surface area (TPSA) is 60.1 Å². The number of aryl methyl sites for hydroxylation is 3. The summed E-state index contributed by atoms with van der Waals surface area (Å²) in [6.45, 7) is 8.76. The van der Waals surface area contributed by atoms with Gasteiger partial charge in [-0.25, -0.2) is 0 Å². The molecule has 29 heavy (non-hydrogen) atoms. The molecule has 6 heteroatoms. The summed E-state index contributed by atoms with van der Waals surface area (Å²) in [4.78, 5) is 6.50. The number of methoxy groups -OCH3 is 1. The molecule has 0 spiro atoms. The summed E-state index contributed by atoms with van der Waals surface area (Å²) in [5.74, 6) is 1.06. The van der Waals surface area contributed by atoms with E-state index in [0.717, 1.165) is 42.8 Å². The maximum atomic E-state index is 6.06. The van der Waals surface area contributed by atoms with Crippen molar-refractivity contribution in [3.05, 3.63) is 64.2 Å². The van der Waals surface area contributed by atoms with E-state index >= 15 is 0 Å². The fraction of sp³-hybridized carbons (Fsp3) is 0.391. The molecule has 0 amide bonds. The van der Waals surface area contributed by atoms with Crippen molar-refractivity contribution in [3.8, 4) is 5.75 Å². The summed E-state index contributed by atoms with van der Waals surface area (Å²) in [6, 6.07) is 12.0. The van der Waals surface area contributed by atoms with Gasteiger partial charge in [-0.2, -0.15) is 4.99 Å². The molecule has 0 aliphatic rings. The molecule has 0 bridgehead atoms. The first-order valence-corrected chi connectivity index (χ1v) is 10.1. The first-order chi connectivity index (χ1) is 13.8. The molecular formula is C23H31N3O2S. The lowest BCUT2D eigenvalue weighted by molar-refractivity contribution is 0.162. The summed E-state index contributed by atoms with van der Waals surface area (Å²) in [5, 5.41) is 0.109. The van der Waals surface area contributed by atoms with E-state index in [4.69, 9.17) is 27.4 Å². The van der Waals surface area contributed by atoms with E-state index in [0.29, 0.717) is 11.6 Å². The molecule has 2 aromatic carbocycles. The second-order valence-corrected chi connectivity index (χ2v) is 7.67. The van der Waals surface area contributed by atoms with Crippen molar-refractivity contribution in [1.82, 2.24) is 4.90 Å². The lowest BCUT2D eigenvalue weighted by atomic mass is 10.0. The molecule has 0 unspecified atom stereocenters. The molecule has 0 heterocycles. The van der Waals surface area contributed by atoms with Crippen molar-refractivity contribution < 1.29 is 9.47 Å². The van der Waals surface area contributed by atoms with Crippen LogP contribution < -0.4 is 10.5 Å². The Hall–Kier alpha value is -2.28. The van der Waals surface area contributed by atoms with Gasteiger partial charge in [0, 0.05) is 25.8 Å². The van der Waals surface area contributed by atoms with Gasteiger partial charge in [0.1, 0.15) is 11.6 Å². The third-order valence-electron chi connectivity index (χ3n) is 4.83. The molecule has 156 valence electrons. The first-order valence-electron chi connectivity index (χ1n) is 9.70. The molecule has 0 radical (unpaired) electrons. The van der Waals surface area contributed by atoms with Gasteiger partial charge in [0.05, 0.1) is 6.61 Å². The van der Waals surface area contributed by atoms with Crippen LogP contribution >= 0.6 is 12.2 Å². The molecule has 0 fully saturated rings. The summed E-state index contributed by atoms with van der Waals surface area (Å²) < 4.78 is 10.9. The molecule has 2 rings (SSSR count). The van der Waals surface area contributed by atoms with Crippen molar-refractivity contribution >= 4 is 23.2 Å². The Kier molecular flexibility index (Phi) is 8.76. The number of aliphatic imine (C=N–C) groups is 1. The molecule has 2 aromatic rings. The van der Waals surface area contributed by atoms with Crippen LogP contribution in [0.25, 0.3) is 0 Å². The zero-order valence-corrected chi connectivity index (χ0v) is 18.8. The fourth-order valence-corrected chi connectivity index (χ4v) is 3.09.